The number of nitrogens with zero attached hydrogens (tertiary/aromatic N) is 2. The second-order valence-electron chi connectivity index (χ2n) is 8.15. The molecule has 0 atom stereocenters. The second kappa shape index (κ2) is 8.54. The Bertz CT molecular complexity index is 1350. The molecular formula is C27H21F2N3O. The summed E-state index contributed by atoms with van der Waals surface area (Å²) in [5.41, 5.74) is 6.46. The number of amides is 1. The Balaban J connectivity index is 1.55. The van der Waals surface area contributed by atoms with Crippen molar-refractivity contribution in [2.24, 2.45) is 0 Å². The van der Waals surface area contributed by atoms with Crippen molar-refractivity contribution < 1.29 is 13.6 Å². The van der Waals surface area contributed by atoms with Gasteiger partial charge < -0.3 is 5.32 Å². The van der Waals surface area contributed by atoms with Crippen LogP contribution in [0.4, 0.5) is 14.5 Å². The summed E-state index contributed by atoms with van der Waals surface area (Å²) in [6.07, 6.45) is 6.15. The topological polar surface area (TPSA) is 54.9 Å². The maximum absolute atomic E-state index is 14.0. The Kier molecular flexibility index (Phi) is 5.42. The molecule has 0 aliphatic heterocycles. The van der Waals surface area contributed by atoms with E-state index in [-0.39, 0.29) is 0 Å². The number of hydrogen-bond acceptors (Lipinski definition) is 3. The molecule has 0 saturated carbocycles. The summed E-state index contributed by atoms with van der Waals surface area (Å²) in [4.78, 5) is 21.9. The third-order valence-corrected chi connectivity index (χ3v) is 5.99. The molecule has 1 amide bonds. The summed E-state index contributed by atoms with van der Waals surface area (Å²) < 4.78 is 28.0. The van der Waals surface area contributed by atoms with E-state index in [4.69, 9.17) is 4.98 Å². The lowest BCUT2D eigenvalue weighted by atomic mass is 9.95. The second-order valence-corrected chi connectivity index (χ2v) is 8.15. The lowest BCUT2D eigenvalue weighted by Crippen LogP contribution is -2.17. The molecular weight excluding hydrogens is 420 g/mol. The molecule has 2 heterocycles. The van der Waals surface area contributed by atoms with Crippen LogP contribution in [-0.4, -0.2) is 15.9 Å². The van der Waals surface area contributed by atoms with Crippen molar-refractivity contribution in [2.75, 3.05) is 5.32 Å². The fraction of sp³-hybridized carbons (Fsp3) is 0.148. The monoisotopic (exact) mass is 441 g/mol. The number of anilines is 1. The summed E-state index contributed by atoms with van der Waals surface area (Å²) >= 11 is 0. The van der Waals surface area contributed by atoms with E-state index < -0.39 is 23.2 Å². The Morgan fingerprint density at radius 1 is 0.939 bits per heavy atom. The number of benzene rings is 2. The molecule has 2 aromatic heterocycles. The van der Waals surface area contributed by atoms with E-state index in [1.165, 1.54) is 11.6 Å². The summed E-state index contributed by atoms with van der Waals surface area (Å²) in [5.74, 6) is -2.22. The van der Waals surface area contributed by atoms with Crippen molar-refractivity contribution in [1.82, 2.24) is 9.97 Å². The van der Waals surface area contributed by atoms with Crippen molar-refractivity contribution in [3.8, 4) is 22.4 Å². The van der Waals surface area contributed by atoms with Crippen molar-refractivity contribution in [1.29, 1.82) is 0 Å². The van der Waals surface area contributed by atoms with Crippen LogP contribution >= 0.6 is 0 Å². The van der Waals surface area contributed by atoms with Crippen molar-refractivity contribution in [3.05, 3.63) is 101 Å². The Morgan fingerprint density at radius 3 is 2.48 bits per heavy atom. The van der Waals surface area contributed by atoms with Crippen LogP contribution in [0.15, 0.2) is 67.0 Å². The number of hydrogen-bond donors (Lipinski definition) is 1. The molecule has 0 saturated heterocycles. The van der Waals surface area contributed by atoms with E-state index in [0.29, 0.717) is 11.3 Å². The number of halogens is 2. The van der Waals surface area contributed by atoms with Crippen LogP contribution in [0, 0.1) is 18.6 Å². The Morgan fingerprint density at radius 2 is 1.73 bits per heavy atom. The number of rotatable bonds is 3. The number of aromatic nitrogens is 2. The highest BCUT2D eigenvalue weighted by atomic mass is 19.1. The zero-order valence-electron chi connectivity index (χ0n) is 18.0. The zero-order valence-corrected chi connectivity index (χ0v) is 18.0. The third-order valence-electron chi connectivity index (χ3n) is 5.99. The highest BCUT2D eigenvalue weighted by Gasteiger charge is 2.22. The van der Waals surface area contributed by atoms with Gasteiger partial charge in [0, 0.05) is 23.5 Å². The molecule has 33 heavy (non-hydrogen) atoms. The predicted molar refractivity (Wildman–Crippen MR) is 124 cm³/mol. The molecule has 5 rings (SSSR count). The Hall–Kier alpha value is -3.93. The molecule has 1 N–H and O–H groups in total. The summed E-state index contributed by atoms with van der Waals surface area (Å²) in [6.45, 7) is 1.74. The van der Waals surface area contributed by atoms with Gasteiger partial charge in [-0.15, -0.1) is 0 Å². The van der Waals surface area contributed by atoms with E-state index in [1.807, 2.05) is 18.3 Å². The first-order valence-corrected chi connectivity index (χ1v) is 10.8. The minimum absolute atomic E-state index is 0.309. The van der Waals surface area contributed by atoms with E-state index in [2.05, 4.69) is 28.5 Å². The van der Waals surface area contributed by atoms with Gasteiger partial charge in [0.15, 0.2) is 0 Å². The fourth-order valence-electron chi connectivity index (χ4n) is 4.30. The molecule has 4 aromatic rings. The highest BCUT2D eigenvalue weighted by molar-refractivity contribution is 6.05. The van der Waals surface area contributed by atoms with Crippen molar-refractivity contribution in [3.63, 3.8) is 0 Å². The first-order chi connectivity index (χ1) is 16.0. The van der Waals surface area contributed by atoms with Crippen LogP contribution in [0.5, 0.6) is 0 Å². The van der Waals surface area contributed by atoms with Gasteiger partial charge >= 0.3 is 0 Å². The minimum Gasteiger partial charge on any atom is -0.317 e. The third kappa shape index (κ3) is 4.00. The standard InChI is InChI=1S/C27H21F2N3O/c1-16-21(27(33)32-26-23(28)8-3-9-24(26)29)14-19-6-2-5-17-10-11-18(13-22(17)25(19)31-16)20-7-4-12-30-15-20/h3-4,7-15H,2,5-6H2,1H3,(H,32,33). The number of para-hydroxylation sites is 1. The van der Waals surface area contributed by atoms with E-state index in [0.717, 1.165) is 59.3 Å². The van der Waals surface area contributed by atoms with E-state index in [1.54, 1.807) is 19.2 Å². The molecule has 1 aliphatic carbocycles. The maximum atomic E-state index is 14.0. The van der Waals surface area contributed by atoms with Gasteiger partial charge in [0.05, 0.1) is 17.0 Å². The van der Waals surface area contributed by atoms with Crippen LogP contribution in [0.3, 0.4) is 0 Å². The highest BCUT2D eigenvalue weighted by Crippen LogP contribution is 2.35. The van der Waals surface area contributed by atoms with E-state index in [9.17, 15) is 13.6 Å². The molecule has 164 valence electrons. The number of carbonyl (C=O) groups is 1. The number of pyridine rings is 2. The predicted octanol–water partition coefficient (Wildman–Crippen LogP) is 6.14. The quantitative estimate of drug-likeness (QED) is 0.416. The number of carbonyl (C=O) groups excluding carboxylic acids is 1. The van der Waals surface area contributed by atoms with Crippen molar-refractivity contribution in [2.45, 2.75) is 26.2 Å². The summed E-state index contributed by atoms with van der Waals surface area (Å²) in [7, 11) is 0. The normalized spacial score (nSPS) is 12.5. The molecule has 2 aromatic carbocycles. The molecule has 1 aliphatic rings. The SMILES string of the molecule is Cc1nc2c(cc1C(=O)Nc1c(F)cccc1F)CCCc1ccc(-c3cccnc3)cc1-2. The largest absolute Gasteiger partial charge is 0.317 e. The fourth-order valence-corrected chi connectivity index (χ4v) is 4.30. The summed E-state index contributed by atoms with van der Waals surface area (Å²) in [5, 5.41) is 2.37. The van der Waals surface area contributed by atoms with Gasteiger partial charge in [0.1, 0.15) is 17.3 Å². The average molecular weight is 441 g/mol. The number of aryl methyl sites for hydroxylation is 3. The zero-order chi connectivity index (χ0) is 22.9. The summed E-state index contributed by atoms with van der Waals surface area (Å²) in [6, 6.07) is 15.5. The number of nitrogens with one attached hydrogen (secondary N) is 1. The average Bonchev–Trinajstić information content (AvgIpc) is 3.00. The first kappa shape index (κ1) is 20.9. The van der Waals surface area contributed by atoms with Crippen LogP contribution in [0.1, 0.15) is 33.6 Å². The molecule has 0 unspecified atom stereocenters. The molecule has 6 heteroatoms. The molecule has 0 fully saturated rings. The van der Waals surface area contributed by atoms with Gasteiger partial charge in [-0.2, -0.15) is 0 Å². The van der Waals surface area contributed by atoms with Crippen LogP contribution in [0.2, 0.25) is 0 Å². The smallest absolute Gasteiger partial charge is 0.257 e. The van der Waals surface area contributed by atoms with Gasteiger partial charge in [-0.25, -0.2) is 8.78 Å². The molecule has 0 radical (unpaired) electrons. The Labute approximate surface area is 190 Å². The lowest BCUT2D eigenvalue weighted by molar-refractivity contribution is 0.102. The minimum atomic E-state index is -0.819. The van der Waals surface area contributed by atoms with Gasteiger partial charge in [-0.05, 0) is 73.2 Å². The van der Waals surface area contributed by atoms with Gasteiger partial charge in [-0.3, -0.25) is 14.8 Å². The molecule has 0 spiro atoms. The lowest BCUT2D eigenvalue weighted by Gasteiger charge is -2.15. The van der Waals surface area contributed by atoms with Crippen molar-refractivity contribution >= 4 is 11.6 Å². The molecule has 4 nitrogen and oxygen atoms in total. The van der Waals surface area contributed by atoms with Crippen LogP contribution < -0.4 is 5.32 Å². The van der Waals surface area contributed by atoms with Crippen LogP contribution in [0.25, 0.3) is 22.4 Å². The maximum Gasteiger partial charge on any atom is 0.257 e. The first-order valence-electron chi connectivity index (χ1n) is 10.8. The van der Waals surface area contributed by atoms with Gasteiger partial charge in [-0.1, -0.05) is 24.3 Å². The van der Waals surface area contributed by atoms with Gasteiger partial charge in [0.25, 0.3) is 5.91 Å². The molecule has 0 bridgehead atoms. The van der Waals surface area contributed by atoms with E-state index >= 15 is 0 Å². The van der Waals surface area contributed by atoms with Gasteiger partial charge in [0.2, 0.25) is 0 Å². The van der Waals surface area contributed by atoms with Crippen LogP contribution in [-0.2, 0) is 12.8 Å². The number of fused-ring (bicyclic) bond motifs is 3.